The summed E-state index contributed by atoms with van der Waals surface area (Å²) in [6.45, 7) is 7.22. The highest BCUT2D eigenvalue weighted by Gasteiger charge is 2.23. The number of nitrogens with zero attached hydrogens (tertiary/aromatic N) is 2. The Kier molecular flexibility index (Phi) is 10.7. The van der Waals surface area contributed by atoms with Gasteiger partial charge in [-0.05, 0) is 43.7 Å². The van der Waals surface area contributed by atoms with Crippen molar-refractivity contribution >= 4 is 35.8 Å². The number of likely N-dealkylation sites (tertiary alicyclic amines) is 1. The lowest BCUT2D eigenvalue weighted by atomic mass is 9.95. The quantitative estimate of drug-likeness (QED) is 0.352. The van der Waals surface area contributed by atoms with E-state index in [2.05, 4.69) is 39.5 Å². The van der Waals surface area contributed by atoms with Crippen LogP contribution in [0.2, 0.25) is 0 Å². The number of rotatable bonds is 7. The molecule has 1 atom stereocenters. The van der Waals surface area contributed by atoms with Crippen molar-refractivity contribution in [3.63, 3.8) is 0 Å². The van der Waals surface area contributed by atoms with E-state index >= 15 is 0 Å². The van der Waals surface area contributed by atoms with E-state index in [1.807, 2.05) is 13.8 Å². The molecule has 1 fully saturated rings. The lowest BCUT2D eigenvalue weighted by Gasteiger charge is -2.34. The molecule has 1 aliphatic rings. The fourth-order valence-electron chi connectivity index (χ4n) is 3.24. The van der Waals surface area contributed by atoms with E-state index in [0.717, 1.165) is 38.4 Å². The lowest BCUT2D eigenvalue weighted by Crippen LogP contribution is -2.46. The highest BCUT2D eigenvalue weighted by Crippen LogP contribution is 2.19. The number of ether oxygens (including phenoxy) is 1. The number of nitrogens with one attached hydrogen (secondary N) is 1. The van der Waals surface area contributed by atoms with E-state index in [1.54, 1.807) is 7.05 Å². The van der Waals surface area contributed by atoms with Crippen molar-refractivity contribution in [2.45, 2.75) is 52.4 Å². The summed E-state index contributed by atoms with van der Waals surface area (Å²) in [6, 6.07) is 8.44. The number of guanidine groups is 1. The Hall–Kier alpha value is -1.35. The summed E-state index contributed by atoms with van der Waals surface area (Å²) in [7, 11) is 1.80. The highest BCUT2D eigenvalue weighted by molar-refractivity contribution is 14.0. The predicted octanol–water partition coefficient (Wildman–Crippen LogP) is 2.89. The number of amides is 1. The molecule has 27 heavy (non-hydrogen) atoms. The Labute approximate surface area is 179 Å². The van der Waals surface area contributed by atoms with Crippen LogP contribution in [0.4, 0.5) is 0 Å². The number of carbonyl (C=O) groups is 1. The number of piperidine rings is 1. The summed E-state index contributed by atoms with van der Waals surface area (Å²) in [4.78, 5) is 17.8. The topological polar surface area (TPSA) is 80.0 Å². The first-order valence-corrected chi connectivity index (χ1v) is 9.41. The summed E-state index contributed by atoms with van der Waals surface area (Å²) < 4.78 is 5.63. The molecule has 0 bridgehead atoms. The number of primary amides is 1. The van der Waals surface area contributed by atoms with E-state index in [1.165, 1.54) is 11.1 Å². The van der Waals surface area contributed by atoms with E-state index in [0.29, 0.717) is 18.9 Å². The van der Waals surface area contributed by atoms with Gasteiger partial charge in [0.05, 0.1) is 12.7 Å². The minimum Gasteiger partial charge on any atom is -0.374 e. The molecule has 1 unspecified atom stereocenters. The normalized spacial score (nSPS) is 17.6. The van der Waals surface area contributed by atoms with Crippen molar-refractivity contribution < 1.29 is 9.53 Å². The summed E-state index contributed by atoms with van der Waals surface area (Å²) in [6.07, 6.45) is 2.80. The number of nitrogens with two attached hydrogens (primary N) is 1. The number of benzene rings is 1. The zero-order chi connectivity index (χ0) is 18.9. The summed E-state index contributed by atoms with van der Waals surface area (Å²) in [5.41, 5.74) is 7.73. The zero-order valence-corrected chi connectivity index (χ0v) is 18.9. The second-order valence-electron chi connectivity index (χ2n) is 7.20. The van der Waals surface area contributed by atoms with Crippen LogP contribution >= 0.6 is 24.0 Å². The van der Waals surface area contributed by atoms with Crippen LogP contribution in [0.5, 0.6) is 0 Å². The Morgan fingerprint density at radius 1 is 1.33 bits per heavy atom. The number of hydrogen-bond acceptors (Lipinski definition) is 3. The van der Waals surface area contributed by atoms with Gasteiger partial charge < -0.3 is 20.7 Å². The van der Waals surface area contributed by atoms with Gasteiger partial charge in [0.2, 0.25) is 5.91 Å². The van der Waals surface area contributed by atoms with Crippen LogP contribution in [0.25, 0.3) is 0 Å². The Bertz CT molecular complexity index is 605. The van der Waals surface area contributed by atoms with Crippen LogP contribution in [0.15, 0.2) is 29.3 Å². The van der Waals surface area contributed by atoms with Crippen LogP contribution in [0.1, 0.15) is 44.2 Å². The molecule has 152 valence electrons. The van der Waals surface area contributed by atoms with Gasteiger partial charge in [0.25, 0.3) is 0 Å². The fraction of sp³-hybridized carbons (Fsp3) is 0.600. The zero-order valence-electron chi connectivity index (χ0n) is 16.6. The molecule has 0 spiro atoms. The van der Waals surface area contributed by atoms with Gasteiger partial charge in [-0.3, -0.25) is 9.79 Å². The van der Waals surface area contributed by atoms with E-state index in [-0.39, 0.29) is 36.0 Å². The molecule has 6 nitrogen and oxygen atoms in total. The third kappa shape index (κ3) is 8.47. The summed E-state index contributed by atoms with van der Waals surface area (Å²) in [5, 5.41) is 3.43. The van der Waals surface area contributed by atoms with Crippen LogP contribution < -0.4 is 11.1 Å². The van der Waals surface area contributed by atoms with Gasteiger partial charge in [-0.15, -0.1) is 24.0 Å². The van der Waals surface area contributed by atoms with E-state index in [4.69, 9.17) is 10.5 Å². The molecule has 0 aliphatic carbocycles. The maximum absolute atomic E-state index is 11.2. The van der Waals surface area contributed by atoms with Gasteiger partial charge in [0.1, 0.15) is 0 Å². The second-order valence-corrected chi connectivity index (χ2v) is 7.20. The Balaban J connectivity index is 0.00000364. The lowest BCUT2D eigenvalue weighted by molar-refractivity contribution is -0.119. The van der Waals surface area contributed by atoms with Crippen LogP contribution in [-0.4, -0.2) is 43.0 Å². The summed E-state index contributed by atoms with van der Waals surface area (Å²) >= 11 is 0. The molecule has 1 heterocycles. The first-order chi connectivity index (χ1) is 12.5. The van der Waals surface area contributed by atoms with E-state index in [9.17, 15) is 4.79 Å². The van der Waals surface area contributed by atoms with Crippen LogP contribution in [0, 0.1) is 5.92 Å². The molecule has 1 aromatic carbocycles. The first kappa shape index (κ1) is 23.7. The van der Waals surface area contributed by atoms with Gasteiger partial charge in [0, 0.05) is 33.1 Å². The van der Waals surface area contributed by atoms with Gasteiger partial charge in [-0.25, -0.2) is 0 Å². The van der Waals surface area contributed by atoms with Crippen molar-refractivity contribution in [2.24, 2.45) is 16.6 Å². The molecule has 3 N–H and O–H groups in total. The average molecular weight is 488 g/mol. The monoisotopic (exact) mass is 488 g/mol. The molecule has 1 amide bonds. The van der Waals surface area contributed by atoms with Gasteiger partial charge >= 0.3 is 0 Å². The number of halogens is 1. The number of aliphatic imine (C=N–C) groups is 1. The Morgan fingerprint density at radius 2 is 2.00 bits per heavy atom. The largest absolute Gasteiger partial charge is 0.374 e. The molecule has 1 aromatic rings. The molecule has 1 aliphatic heterocycles. The Morgan fingerprint density at radius 3 is 2.59 bits per heavy atom. The highest BCUT2D eigenvalue weighted by atomic mass is 127. The van der Waals surface area contributed by atoms with Gasteiger partial charge in [-0.1, -0.05) is 24.3 Å². The maximum atomic E-state index is 11.2. The SMILES string of the molecule is CN=C(NCc1ccc(COC(C)C)cc1)N1CCCC(CC(N)=O)C1.I. The smallest absolute Gasteiger partial charge is 0.217 e. The first-order valence-electron chi connectivity index (χ1n) is 9.41. The predicted molar refractivity (Wildman–Crippen MR) is 120 cm³/mol. The van der Waals surface area contributed by atoms with Crippen LogP contribution in [0.3, 0.4) is 0 Å². The number of carbonyl (C=O) groups excluding carboxylic acids is 1. The molecular weight excluding hydrogens is 455 g/mol. The van der Waals surface area contributed by atoms with Crippen molar-refractivity contribution in [1.82, 2.24) is 10.2 Å². The maximum Gasteiger partial charge on any atom is 0.217 e. The van der Waals surface area contributed by atoms with Crippen molar-refractivity contribution in [1.29, 1.82) is 0 Å². The molecular formula is C20H33IN4O2. The summed E-state index contributed by atoms with van der Waals surface area (Å²) in [5.74, 6) is 0.979. The second kappa shape index (κ2) is 12.2. The van der Waals surface area contributed by atoms with E-state index < -0.39 is 0 Å². The fourth-order valence-corrected chi connectivity index (χ4v) is 3.24. The third-order valence-electron chi connectivity index (χ3n) is 4.58. The molecule has 0 aromatic heterocycles. The average Bonchev–Trinajstić information content (AvgIpc) is 2.61. The minimum atomic E-state index is -0.221. The van der Waals surface area contributed by atoms with Crippen molar-refractivity contribution in [2.75, 3.05) is 20.1 Å². The van der Waals surface area contributed by atoms with Crippen molar-refractivity contribution in [3.05, 3.63) is 35.4 Å². The number of hydrogen-bond donors (Lipinski definition) is 2. The minimum absolute atomic E-state index is 0. The molecule has 2 rings (SSSR count). The molecule has 1 saturated heterocycles. The standard InChI is InChI=1S/C20H32N4O2.HI/c1-15(2)26-14-17-8-6-16(7-9-17)12-23-20(22-3)24-10-4-5-18(13-24)11-19(21)25;/h6-9,15,18H,4-5,10-14H2,1-3H3,(H2,21,25)(H,22,23);1H. The van der Waals surface area contributed by atoms with Crippen molar-refractivity contribution in [3.8, 4) is 0 Å². The van der Waals surface area contributed by atoms with Gasteiger partial charge in [-0.2, -0.15) is 0 Å². The van der Waals surface area contributed by atoms with Gasteiger partial charge in [0.15, 0.2) is 5.96 Å². The van der Waals surface area contributed by atoms with Crippen LogP contribution in [-0.2, 0) is 22.7 Å². The molecule has 0 saturated carbocycles. The molecule has 7 heteroatoms. The third-order valence-corrected chi connectivity index (χ3v) is 4.58. The molecule has 0 radical (unpaired) electrons.